The van der Waals surface area contributed by atoms with Gasteiger partial charge in [0.25, 0.3) is 0 Å². The molecular formula is C15H24N2O. The fourth-order valence-corrected chi connectivity index (χ4v) is 2.52. The minimum atomic E-state index is 0.266. The lowest BCUT2D eigenvalue weighted by Crippen LogP contribution is -2.47. The van der Waals surface area contributed by atoms with Crippen molar-refractivity contribution in [3.05, 3.63) is 29.8 Å². The molecule has 1 aliphatic heterocycles. The van der Waals surface area contributed by atoms with Crippen LogP contribution in [0.15, 0.2) is 24.3 Å². The van der Waals surface area contributed by atoms with Crippen molar-refractivity contribution in [1.29, 1.82) is 0 Å². The maximum atomic E-state index is 5.47. The molecule has 0 saturated carbocycles. The van der Waals surface area contributed by atoms with Crippen molar-refractivity contribution in [3.63, 3.8) is 0 Å². The predicted octanol–water partition coefficient (Wildman–Crippen LogP) is 2.02. The second-order valence-corrected chi connectivity index (χ2v) is 5.42. The van der Waals surface area contributed by atoms with Crippen LogP contribution in [0.1, 0.15) is 18.4 Å². The van der Waals surface area contributed by atoms with Gasteiger partial charge in [0.15, 0.2) is 0 Å². The standard InChI is InChI=1S/C15H24N2O/c1-16-10-4-9-15(11-18-12-15)13-5-7-14(8-6-13)17(2)3/h5-8,16H,4,9-12H2,1-3H3. The summed E-state index contributed by atoms with van der Waals surface area (Å²) < 4.78 is 5.47. The molecule has 1 aromatic rings. The Morgan fingerprint density at radius 2 is 1.89 bits per heavy atom. The summed E-state index contributed by atoms with van der Waals surface area (Å²) in [6.07, 6.45) is 2.41. The van der Waals surface area contributed by atoms with E-state index in [1.807, 2.05) is 7.05 Å². The Kier molecular flexibility index (Phi) is 4.25. The van der Waals surface area contributed by atoms with Crippen LogP contribution < -0.4 is 10.2 Å². The van der Waals surface area contributed by atoms with Crippen LogP contribution >= 0.6 is 0 Å². The van der Waals surface area contributed by atoms with Gasteiger partial charge in [0.05, 0.1) is 13.2 Å². The normalized spacial score (nSPS) is 17.3. The highest BCUT2D eigenvalue weighted by Gasteiger charge is 2.39. The van der Waals surface area contributed by atoms with Crippen molar-refractivity contribution in [2.75, 3.05) is 45.8 Å². The summed E-state index contributed by atoms with van der Waals surface area (Å²) in [6, 6.07) is 8.93. The number of anilines is 1. The molecule has 100 valence electrons. The van der Waals surface area contributed by atoms with Crippen LogP contribution in [0, 0.1) is 0 Å². The third-order valence-electron chi connectivity index (χ3n) is 3.83. The summed E-state index contributed by atoms with van der Waals surface area (Å²) in [4.78, 5) is 2.13. The van der Waals surface area contributed by atoms with Crippen molar-refractivity contribution in [1.82, 2.24) is 5.32 Å². The molecule has 1 heterocycles. The molecule has 18 heavy (non-hydrogen) atoms. The van der Waals surface area contributed by atoms with Gasteiger partial charge in [-0.05, 0) is 44.1 Å². The van der Waals surface area contributed by atoms with E-state index in [1.54, 1.807) is 0 Å². The lowest BCUT2D eigenvalue weighted by molar-refractivity contribution is -0.0650. The zero-order chi connectivity index (χ0) is 13.0. The predicted molar refractivity (Wildman–Crippen MR) is 76.4 cm³/mol. The number of hydrogen-bond donors (Lipinski definition) is 1. The quantitative estimate of drug-likeness (QED) is 0.780. The van der Waals surface area contributed by atoms with E-state index in [2.05, 4.69) is 48.6 Å². The number of hydrogen-bond acceptors (Lipinski definition) is 3. The second-order valence-electron chi connectivity index (χ2n) is 5.42. The summed E-state index contributed by atoms with van der Waals surface area (Å²) in [5.41, 5.74) is 2.95. The van der Waals surface area contributed by atoms with Crippen molar-refractivity contribution in [2.45, 2.75) is 18.3 Å². The summed E-state index contributed by atoms with van der Waals surface area (Å²) in [5.74, 6) is 0. The van der Waals surface area contributed by atoms with Crippen LogP contribution in [0.25, 0.3) is 0 Å². The van der Waals surface area contributed by atoms with Crippen LogP contribution in [0.3, 0.4) is 0 Å². The summed E-state index contributed by atoms with van der Waals surface area (Å²) >= 11 is 0. The first-order chi connectivity index (χ1) is 8.68. The first-order valence-corrected chi connectivity index (χ1v) is 6.68. The van der Waals surface area contributed by atoms with Crippen LogP contribution in [0.2, 0.25) is 0 Å². The Hall–Kier alpha value is -1.06. The van der Waals surface area contributed by atoms with E-state index in [9.17, 15) is 0 Å². The maximum Gasteiger partial charge on any atom is 0.0585 e. The Morgan fingerprint density at radius 3 is 2.33 bits per heavy atom. The number of benzene rings is 1. The number of ether oxygens (including phenoxy) is 1. The number of nitrogens with zero attached hydrogens (tertiary/aromatic N) is 1. The van der Waals surface area contributed by atoms with Crippen molar-refractivity contribution in [2.24, 2.45) is 0 Å². The van der Waals surface area contributed by atoms with Crippen LogP contribution in [-0.4, -0.2) is 40.9 Å². The number of rotatable bonds is 6. The Labute approximate surface area is 110 Å². The van der Waals surface area contributed by atoms with E-state index in [0.717, 1.165) is 19.8 Å². The van der Waals surface area contributed by atoms with Gasteiger partial charge in [0, 0.05) is 25.2 Å². The Balaban J connectivity index is 2.07. The molecule has 0 radical (unpaired) electrons. The van der Waals surface area contributed by atoms with Gasteiger partial charge in [-0.3, -0.25) is 0 Å². The van der Waals surface area contributed by atoms with Crippen molar-refractivity contribution < 1.29 is 4.74 Å². The molecule has 2 rings (SSSR count). The SMILES string of the molecule is CNCCCC1(c2ccc(N(C)C)cc2)COC1. The van der Waals surface area contributed by atoms with E-state index in [-0.39, 0.29) is 5.41 Å². The molecular weight excluding hydrogens is 224 g/mol. The van der Waals surface area contributed by atoms with Crippen molar-refractivity contribution >= 4 is 5.69 Å². The topological polar surface area (TPSA) is 24.5 Å². The van der Waals surface area contributed by atoms with Crippen LogP contribution in [0.4, 0.5) is 5.69 Å². The molecule has 1 aliphatic rings. The van der Waals surface area contributed by atoms with E-state index in [0.29, 0.717) is 0 Å². The Bertz CT molecular complexity index is 369. The molecule has 0 aliphatic carbocycles. The highest BCUT2D eigenvalue weighted by molar-refractivity contribution is 5.47. The van der Waals surface area contributed by atoms with E-state index in [1.165, 1.54) is 24.1 Å². The molecule has 0 unspecified atom stereocenters. The smallest absolute Gasteiger partial charge is 0.0585 e. The van der Waals surface area contributed by atoms with Crippen LogP contribution in [0.5, 0.6) is 0 Å². The lowest BCUT2D eigenvalue weighted by atomic mass is 9.75. The van der Waals surface area contributed by atoms with Crippen molar-refractivity contribution in [3.8, 4) is 0 Å². The average Bonchev–Trinajstić information content (AvgIpc) is 2.33. The molecule has 1 saturated heterocycles. The van der Waals surface area contributed by atoms with Gasteiger partial charge in [0.1, 0.15) is 0 Å². The number of nitrogens with one attached hydrogen (secondary N) is 1. The molecule has 0 amide bonds. The minimum Gasteiger partial charge on any atom is -0.379 e. The molecule has 0 aromatic heterocycles. The lowest BCUT2D eigenvalue weighted by Gasteiger charge is -2.42. The molecule has 1 fully saturated rings. The summed E-state index contributed by atoms with van der Waals surface area (Å²) in [6.45, 7) is 2.83. The van der Waals surface area contributed by atoms with Gasteiger partial charge in [-0.15, -0.1) is 0 Å². The van der Waals surface area contributed by atoms with Gasteiger partial charge >= 0.3 is 0 Å². The molecule has 1 N–H and O–H groups in total. The molecule has 0 bridgehead atoms. The van der Waals surface area contributed by atoms with Gasteiger partial charge in [-0.25, -0.2) is 0 Å². The first kappa shape index (κ1) is 13.4. The summed E-state index contributed by atoms with van der Waals surface area (Å²) in [5, 5.41) is 3.22. The molecule has 3 heteroatoms. The fraction of sp³-hybridized carbons (Fsp3) is 0.600. The van der Waals surface area contributed by atoms with Gasteiger partial charge in [0.2, 0.25) is 0 Å². The third kappa shape index (κ3) is 2.68. The zero-order valence-corrected chi connectivity index (χ0v) is 11.7. The molecule has 0 spiro atoms. The third-order valence-corrected chi connectivity index (χ3v) is 3.83. The van der Waals surface area contributed by atoms with Gasteiger partial charge < -0.3 is 15.0 Å². The Morgan fingerprint density at radius 1 is 1.22 bits per heavy atom. The molecule has 0 atom stereocenters. The van der Waals surface area contributed by atoms with E-state index in [4.69, 9.17) is 4.74 Å². The van der Waals surface area contributed by atoms with Gasteiger partial charge in [-0.2, -0.15) is 0 Å². The second kappa shape index (κ2) is 5.72. The average molecular weight is 248 g/mol. The van der Waals surface area contributed by atoms with E-state index < -0.39 is 0 Å². The minimum absolute atomic E-state index is 0.266. The first-order valence-electron chi connectivity index (χ1n) is 6.68. The zero-order valence-electron chi connectivity index (χ0n) is 11.7. The van der Waals surface area contributed by atoms with Gasteiger partial charge in [-0.1, -0.05) is 12.1 Å². The summed E-state index contributed by atoms with van der Waals surface area (Å²) in [7, 11) is 6.16. The maximum absolute atomic E-state index is 5.47. The highest BCUT2D eigenvalue weighted by Crippen LogP contribution is 2.37. The van der Waals surface area contributed by atoms with E-state index >= 15 is 0 Å². The highest BCUT2D eigenvalue weighted by atomic mass is 16.5. The monoisotopic (exact) mass is 248 g/mol. The molecule has 3 nitrogen and oxygen atoms in total. The molecule has 1 aromatic carbocycles. The van der Waals surface area contributed by atoms with Crippen LogP contribution in [-0.2, 0) is 10.2 Å². The fourth-order valence-electron chi connectivity index (χ4n) is 2.52. The largest absolute Gasteiger partial charge is 0.379 e.